The minimum absolute atomic E-state index is 0.0562. The minimum Gasteiger partial charge on any atom is -0.342 e. The molecule has 1 aromatic heterocycles. The van der Waals surface area contributed by atoms with Crippen LogP contribution in [0.1, 0.15) is 29.5 Å². The first-order valence-corrected chi connectivity index (χ1v) is 9.47. The van der Waals surface area contributed by atoms with Gasteiger partial charge in [-0.1, -0.05) is 37.3 Å². The SMILES string of the molecule is CCc1nc(NC(=O)[C@H]2CC(=O)N(CCc3ccccc3)C2)sc1C. The summed E-state index contributed by atoms with van der Waals surface area (Å²) in [6.07, 6.45) is 1.95. The smallest absolute Gasteiger partial charge is 0.231 e. The maximum atomic E-state index is 12.5. The zero-order valence-corrected chi connectivity index (χ0v) is 15.4. The lowest BCUT2D eigenvalue weighted by atomic mass is 10.1. The van der Waals surface area contributed by atoms with Crippen LogP contribution in [0.4, 0.5) is 5.13 Å². The van der Waals surface area contributed by atoms with E-state index < -0.39 is 0 Å². The molecule has 0 bridgehead atoms. The third-order valence-electron chi connectivity index (χ3n) is 4.56. The lowest BCUT2D eigenvalue weighted by molar-refractivity contribution is -0.128. The van der Waals surface area contributed by atoms with E-state index in [0.717, 1.165) is 23.4 Å². The topological polar surface area (TPSA) is 62.3 Å². The van der Waals surface area contributed by atoms with E-state index >= 15 is 0 Å². The Labute approximate surface area is 152 Å². The highest BCUT2D eigenvalue weighted by Crippen LogP contribution is 2.25. The highest BCUT2D eigenvalue weighted by atomic mass is 32.1. The minimum atomic E-state index is -0.294. The van der Waals surface area contributed by atoms with E-state index in [-0.39, 0.29) is 24.2 Å². The molecule has 1 fully saturated rings. The van der Waals surface area contributed by atoms with Crippen molar-refractivity contribution in [1.29, 1.82) is 0 Å². The summed E-state index contributed by atoms with van der Waals surface area (Å²) in [7, 11) is 0. The van der Waals surface area contributed by atoms with Gasteiger partial charge in [0.25, 0.3) is 0 Å². The number of nitrogens with one attached hydrogen (secondary N) is 1. The Morgan fingerprint density at radius 2 is 2.12 bits per heavy atom. The van der Waals surface area contributed by atoms with Crippen molar-refractivity contribution in [2.24, 2.45) is 5.92 Å². The molecule has 0 unspecified atom stereocenters. The summed E-state index contributed by atoms with van der Waals surface area (Å²) in [4.78, 5) is 32.0. The van der Waals surface area contributed by atoms with Gasteiger partial charge in [-0.2, -0.15) is 0 Å². The number of hydrogen-bond acceptors (Lipinski definition) is 4. The Morgan fingerprint density at radius 1 is 1.36 bits per heavy atom. The number of aryl methyl sites for hydroxylation is 2. The summed E-state index contributed by atoms with van der Waals surface area (Å²) in [5, 5.41) is 3.52. The predicted octanol–water partition coefficient (Wildman–Crippen LogP) is 3.04. The summed E-state index contributed by atoms with van der Waals surface area (Å²) < 4.78 is 0. The van der Waals surface area contributed by atoms with Gasteiger partial charge >= 0.3 is 0 Å². The second-order valence-corrected chi connectivity index (χ2v) is 7.54. The molecule has 0 saturated carbocycles. The summed E-state index contributed by atoms with van der Waals surface area (Å²) in [6, 6.07) is 10.1. The summed E-state index contributed by atoms with van der Waals surface area (Å²) in [6.45, 7) is 5.20. The van der Waals surface area contributed by atoms with Gasteiger partial charge < -0.3 is 10.2 Å². The van der Waals surface area contributed by atoms with Gasteiger partial charge in [0, 0.05) is 24.4 Å². The second kappa shape index (κ2) is 7.78. The van der Waals surface area contributed by atoms with Gasteiger partial charge in [0.2, 0.25) is 11.8 Å². The fourth-order valence-corrected chi connectivity index (χ4v) is 3.99. The average molecular weight is 357 g/mol. The van der Waals surface area contributed by atoms with E-state index in [1.54, 1.807) is 4.90 Å². The number of aromatic nitrogens is 1. The van der Waals surface area contributed by atoms with Crippen LogP contribution in [0.5, 0.6) is 0 Å². The van der Waals surface area contributed by atoms with Crippen LogP contribution in [-0.2, 0) is 22.4 Å². The standard InChI is InChI=1S/C19H23N3O2S/c1-3-16-13(2)25-19(20-16)21-18(24)15-11-17(23)22(12-15)10-9-14-7-5-4-6-8-14/h4-8,15H,3,9-12H2,1-2H3,(H,20,21,24)/t15-/m0/s1. The van der Waals surface area contributed by atoms with E-state index in [1.165, 1.54) is 16.9 Å². The number of benzene rings is 1. The summed E-state index contributed by atoms with van der Waals surface area (Å²) in [5.41, 5.74) is 2.22. The van der Waals surface area contributed by atoms with E-state index in [2.05, 4.69) is 22.4 Å². The first-order chi connectivity index (χ1) is 12.1. The Bertz CT molecular complexity index is 757. The number of amides is 2. The molecule has 2 heterocycles. The number of anilines is 1. The van der Waals surface area contributed by atoms with Gasteiger partial charge in [-0.05, 0) is 25.3 Å². The molecule has 0 spiro atoms. The van der Waals surface area contributed by atoms with Crippen molar-refractivity contribution >= 4 is 28.3 Å². The molecule has 25 heavy (non-hydrogen) atoms. The van der Waals surface area contributed by atoms with Crippen LogP contribution in [0.15, 0.2) is 30.3 Å². The van der Waals surface area contributed by atoms with Crippen molar-refractivity contribution in [2.75, 3.05) is 18.4 Å². The first kappa shape index (κ1) is 17.6. The number of rotatable bonds is 6. The highest BCUT2D eigenvalue weighted by Gasteiger charge is 2.34. The quantitative estimate of drug-likeness (QED) is 0.864. The molecule has 0 radical (unpaired) electrons. The van der Waals surface area contributed by atoms with Crippen LogP contribution in [0.25, 0.3) is 0 Å². The number of thiazole rings is 1. The Hall–Kier alpha value is -2.21. The summed E-state index contributed by atoms with van der Waals surface area (Å²) in [5.74, 6) is -0.342. The molecule has 1 saturated heterocycles. The molecule has 3 rings (SSSR count). The van der Waals surface area contributed by atoms with Crippen molar-refractivity contribution in [1.82, 2.24) is 9.88 Å². The maximum Gasteiger partial charge on any atom is 0.231 e. The maximum absolute atomic E-state index is 12.5. The van der Waals surface area contributed by atoms with Gasteiger partial charge in [0.1, 0.15) is 0 Å². The molecule has 5 nitrogen and oxygen atoms in total. The number of likely N-dealkylation sites (tertiary alicyclic amines) is 1. The molecule has 1 aliphatic rings. The molecular formula is C19H23N3O2S. The van der Waals surface area contributed by atoms with Crippen molar-refractivity contribution in [2.45, 2.75) is 33.1 Å². The summed E-state index contributed by atoms with van der Waals surface area (Å²) >= 11 is 1.49. The predicted molar refractivity (Wildman–Crippen MR) is 99.7 cm³/mol. The molecule has 2 amide bonds. The van der Waals surface area contributed by atoms with Crippen molar-refractivity contribution in [3.05, 3.63) is 46.5 Å². The molecule has 0 aliphatic carbocycles. The molecule has 1 N–H and O–H groups in total. The van der Waals surface area contributed by atoms with Crippen molar-refractivity contribution in [3.8, 4) is 0 Å². The van der Waals surface area contributed by atoms with Crippen molar-refractivity contribution in [3.63, 3.8) is 0 Å². The third-order valence-corrected chi connectivity index (χ3v) is 5.48. The van der Waals surface area contributed by atoms with Crippen LogP contribution < -0.4 is 5.32 Å². The fourth-order valence-electron chi connectivity index (χ4n) is 3.09. The lowest BCUT2D eigenvalue weighted by Crippen LogP contribution is -2.30. The van der Waals surface area contributed by atoms with Gasteiger partial charge in [-0.25, -0.2) is 4.98 Å². The largest absolute Gasteiger partial charge is 0.342 e. The molecule has 1 aliphatic heterocycles. The van der Waals surface area contributed by atoms with Gasteiger partial charge in [-0.3, -0.25) is 9.59 Å². The first-order valence-electron chi connectivity index (χ1n) is 8.65. The Balaban J connectivity index is 1.55. The zero-order chi connectivity index (χ0) is 17.8. The number of hydrogen-bond donors (Lipinski definition) is 1. The van der Waals surface area contributed by atoms with Crippen LogP contribution in [0.3, 0.4) is 0 Å². The van der Waals surface area contributed by atoms with Crippen LogP contribution in [0, 0.1) is 12.8 Å². The van der Waals surface area contributed by atoms with E-state index in [4.69, 9.17) is 0 Å². The highest BCUT2D eigenvalue weighted by molar-refractivity contribution is 7.15. The molecule has 132 valence electrons. The van der Waals surface area contributed by atoms with Gasteiger partial charge in [0.15, 0.2) is 5.13 Å². The Morgan fingerprint density at radius 3 is 2.80 bits per heavy atom. The molecular weight excluding hydrogens is 334 g/mol. The molecule has 6 heteroatoms. The molecule has 2 aromatic rings. The van der Waals surface area contributed by atoms with Crippen LogP contribution >= 0.6 is 11.3 Å². The van der Waals surface area contributed by atoms with Gasteiger partial charge in [0.05, 0.1) is 11.6 Å². The van der Waals surface area contributed by atoms with Crippen LogP contribution in [-0.4, -0.2) is 34.8 Å². The van der Waals surface area contributed by atoms with E-state index in [9.17, 15) is 9.59 Å². The van der Waals surface area contributed by atoms with E-state index in [1.807, 2.05) is 32.0 Å². The Kier molecular flexibility index (Phi) is 5.48. The number of nitrogens with zero attached hydrogens (tertiary/aromatic N) is 2. The number of carbonyl (C=O) groups is 2. The van der Waals surface area contributed by atoms with Crippen LogP contribution in [0.2, 0.25) is 0 Å². The monoisotopic (exact) mass is 357 g/mol. The lowest BCUT2D eigenvalue weighted by Gasteiger charge is -2.16. The second-order valence-electron chi connectivity index (χ2n) is 6.34. The normalized spacial score (nSPS) is 17.1. The van der Waals surface area contributed by atoms with Gasteiger partial charge in [-0.15, -0.1) is 11.3 Å². The molecule has 1 atom stereocenters. The zero-order valence-electron chi connectivity index (χ0n) is 14.6. The number of carbonyl (C=O) groups excluding carboxylic acids is 2. The molecule has 1 aromatic carbocycles. The fraction of sp³-hybridized carbons (Fsp3) is 0.421. The average Bonchev–Trinajstić information content (AvgIpc) is 3.16. The van der Waals surface area contributed by atoms with E-state index in [0.29, 0.717) is 18.2 Å². The third kappa shape index (κ3) is 4.25. The van der Waals surface area contributed by atoms with Crippen molar-refractivity contribution < 1.29 is 9.59 Å².